The Morgan fingerprint density at radius 1 is 1.07 bits per heavy atom. The molecule has 0 saturated heterocycles. The molecule has 0 spiro atoms. The number of nitrogens with zero attached hydrogens (tertiary/aromatic N) is 2. The van der Waals surface area contributed by atoms with E-state index in [1.165, 1.54) is 13.2 Å². The number of ether oxygens (including phenoxy) is 1. The molecule has 0 bridgehead atoms. The van der Waals surface area contributed by atoms with Crippen molar-refractivity contribution in [2.75, 3.05) is 7.11 Å². The largest absolute Gasteiger partial charge is 0.504 e. The molecule has 0 aliphatic heterocycles. The number of nitrogens with one attached hydrogen (secondary N) is 2. The summed E-state index contributed by atoms with van der Waals surface area (Å²) in [6, 6.07) is 11.7. The van der Waals surface area contributed by atoms with Crippen LogP contribution in [0.3, 0.4) is 0 Å². The topological polar surface area (TPSA) is 96.4 Å². The molecule has 3 aromatic rings. The van der Waals surface area contributed by atoms with Crippen LogP contribution in [0.2, 0.25) is 0 Å². The van der Waals surface area contributed by atoms with E-state index in [0.717, 1.165) is 11.1 Å². The number of aromatic hydroxyl groups is 1. The minimum absolute atomic E-state index is 0.0231. The minimum atomic E-state index is -0.626. The van der Waals surface area contributed by atoms with Gasteiger partial charge in [0.15, 0.2) is 11.5 Å². The number of hydrogen-bond donors (Lipinski definition) is 3. The molecule has 144 valence electrons. The predicted octanol–water partition coefficient (Wildman–Crippen LogP) is 2.34. The fourth-order valence-corrected chi connectivity index (χ4v) is 2.75. The number of hydrogen-bond acceptors (Lipinski definition) is 6. The third-order valence-corrected chi connectivity index (χ3v) is 4.25. The van der Waals surface area contributed by atoms with Gasteiger partial charge in [-0.1, -0.05) is 12.1 Å². The van der Waals surface area contributed by atoms with Gasteiger partial charge in [0, 0.05) is 37.9 Å². The number of benzene rings is 1. The van der Waals surface area contributed by atoms with Gasteiger partial charge < -0.3 is 15.2 Å². The van der Waals surface area contributed by atoms with Gasteiger partial charge in [0.1, 0.15) is 6.04 Å². The van der Waals surface area contributed by atoms with E-state index in [1.807, 2.05) is 24.3 Å². The Labute approximate surface area is 163 Å². The molecule has 0 fully saturated rings. The number of amides is 1. The van der Waals surface area contributed by atoms with Gasteiger partial charge in [0.25, 0.3) is 0 Å². The monoisotopic (exact) mass is 378 g/mol. The lowest BCUT2D eigenvalue weighted by molar-refractivity contribution is -0.123. The van der Waals surface area contributed by atoms with Gasteiger partial charge in [-0.3, -0.25) is 20.1 Å². The highest BCUT2D eigenvalue weighted by Gasteiger charge is 2.21. The number of methoxy groups -OCH3 is 1. The Bertz CT molecular complexity index is 904. The lowest BCUT2D eigenvalue weighted by Crippen LogP contribution is -2.37. The lowest BCUT2D eigenvalue weighted by atomic mass is 10.0. The first-order chi connectivity index (χ1) is 13.7. The third kappa shape index (κ3) is 5.05. The van der Waals surface area contributed by atoms with Crippen LogP contribution >= 0.6 is 0 Å². The summed E-state index contributed by atoms with van der Waals surface area (Å²) in [6.45, 7) is 0.853. The first kappa shape index (κ1) is 19.3. The van der Waals surface area contributed by atoms with E-state index in [4.69, 9.17) is 4.74 Å². The molecule has 7 nitrogen and oxygen atoms in total. The molecule has 2 heterocycles. The Morgan fingerprint density at radius 3 is 2.61 bits per heavy atom. The number of phenols is 1. The van der Waals surface area contributed by atoms with Crippen LogP contribution in [0, 0.1) is 0 Å². The van der Waals surface area contributed by atoms with Gasteiger partial charge >= 0.3 is 0 Å². The first-order valence-electron chi connectivity index (χ1n) is 8.83. The van der Waals surface area contributed by atoms with Crippen LogP contribution in [-0.2, 0) is 17.9 Å². The SMILES string of the molecule is COc1cc(C(NCc2ccncc2)C(=O)NCc2cccnc2)ccc1O. The van der Waals surface area contributed by atoms with E-state index < -0.39 is 6.04 Å². The first-order valence-corrected chi connectivity index (χ1v) is 8.83. The maximum Gasteiger partial charge on any atom is 0.242 e. The van der Waals surface area contributed by atoms with E-state index in [2.05, 4.69) is 20.6 Å². The van der Waals surface area contributed by atoms with Crippen LogP contribution in [0.4, 0.5) is 0 Å². The van der Waals surface area contributed by atoms with Crippen LogP contribution in [-0.4, -0.2) is 28.1 Å². The number of carbonyl (C=O) groups excluding carboxylic acids is 1. The van der Waals surface area contributed by atoms with Crippen molar-refractivity contribution < 1.29 is 14.6 Å². The minimum Gasteiger partial charge on any atom is -0.504 e. The highest BCUT2D eigenvalue weighted by Crippen LogP contribution is 2.29. The van der Waals surface area contributed by atoms with Crippen LogP contribution in [0.1, 0.15) is 22.7 Å². The van der Waals surface area contributed by atoms with E-state index in [1.54, 1.807) is 36.9 Å². The highest BCUT2D eigenvalue weighted by molar-refractivity contribution is 5.83. The van der Waals surface area contributed by atoms with Crippen molar-refractivity contribution in [1.29, 1.82) is 0 Å². The summed E-state index contributed by atoms with van der Waals surface area (Å²) in [6.07, 6.45) is 6.81. The molecule has 28 heavy (non-hydrogen) atoms. The van der Waals surface area contributed by atoms with Crippen molar-refractivity contribution in [3.05, 3.63) is 83.9 Å². The fourth-order valence-electron chi connectivity index (χ4n) is 2.75. The lowest BCUT2D eigenvalue weighted by Gasteiger charge is -2.20. The molecular weight excluding hydrogens is 356 g/mol. The van der Waals surface area contributed by atoms with Crippen LogP contribution in [0.25, 0.3) is 0 Å². The molecule has 1 atom stereocenters. The molecule has 1 amide bonds. The standard InChI is InChI=1S/C21H22N4O3/c1-28-19-11-17(4-5-18(19)26)20(24-13-15-6-9-22-10-7-15)21(27)25-14-16-3-2-8-23-12-16/h2-12,20,24,26H,13-14H2,1H3,(H,25,27). The molecule has 0 saturated carbocycles. The zero-order valence-electron chi connectivity index (χ0n) is 15.5. The molecule has 0 radical (unpaired) electrons. The van der Waals surface area contributed by atoms with Crippen molar-refractivity contribution in [1.82, 2.24) is 20.6 Å². The number of pyridine rings is 2. The van der Waals surface area contributed by atoms with E-state index in [-0.39, 0.29) is 11.7 Å². The zero-order valence-corrected chi connectivity index (χ0v) is 15.5. The van der Waals surface area contributed by atoms with E-state index >= 15 is 0 Å². The molecule has 2 aromatic heterocycles. The van der Waals surface area contributed by atoms with Crippen molar-refractivity contribution in [3.8, 4) is 11.5 Å². The van der Waals surface area contributed by atoms with Gasteiger partial charge in [0.05, 0.1) is 7.11 Å². The second-order valence-electron chi connectivity index (χ2n) is 6.18. The summed E-state index contributed by atoms with van der Waals surface area (Å²) in [5, 5.41) is 16.1. The second kappa shape index (κ2) is 9.48. The summed E-state index contributed by atoms with van der Waals surface area (Å²) in [5.74, 6) is 0.147. The summed E-state index contributed by atoms with van der Waals surface area (Å²) in [7, 11) is 1.47. The van der Waals surface area contributed by atoms with E-state index in [0.29, 0.717) is 24.4 Å². The van der Waals surface area contributed by atoms with Crippen LogP contribution in [0.5, 0.6) is 11.5 Å². The Hall–Kier alpha value is -3.45. The molecule has 3 N–H and O–H groups in total. The van der Waals surface area contributed by atoms with Crippen LogP contribution in [0.15, 0.2) is 67.3 Å². The maximum atomic E-state index is 12.9. The van der Waals surface area contributed by atoms with Gasteiger partial charge in [0.2, 0.25) is 5.91 Å². The number of rotatable bonds is 8. The quantitative estimate of drug-likeness (QED) is 0.557. The predicted molar refractivity (Wildman–Crippen MR) is 105 cm³/mol. The van der Waals surface area contributed by atoms with Crippen molar-refractivity contribution in [3.63, 3.8) is 0 Å². The average Bonchev–Trinajstić information content (AvgIpc) is 2.75. The molecule has 7 heteroatoms. The summed E-state index contributed by atoms with van der Waals surface area (Å²) < 4.78 is 5.18. The molecule has 0 aliphatic carbocycles. The Kier molecular flexibility index (Phi) is 6.54. The van der Waals surface area contributed by atoms with E-state index in [9.17, 15) is 9.90 Å². The Balaban J connectivity index is 1.77. The normalized spacial score (nSPS) is 11.6. The van der Waals surface area contributed by atoms with Crippen molar-refractivity contribution >= 4 is 5.91 Å². The highest BCUT2D eigenvalue weighted by atomic mass is 16.5. The van der Waals surface area contributed by atoms with Gasteiger partial charge in [-0.05, 0) is 47.0 Å². The number of carbonyl (C=O) groups is 1. The molecule has 1 aromatic carbocycles. The smallest absolute Gasteiger partial charge is 0.242 e. The summed E-state index contributed by atoms with van der Waals surface area (Å²) in [5.41, 5.74) is 2.60. The average molecular weight is 378 g/mol. The van der Waals surface area contributed by atoms with Gasteiger partial charge in [-0.25, -0.2) is 0 Å². The van der Waals surface area contributed by atoms with Crippen molar-refractivity contribution in [2.24, 2.45) is 0 Å². The maximum absolute atomic E-state index is 12.9. The summed E-state index contributed by atoms with van der Waals surface area (Å²) >= 11 is 0. The molecule has 0 aliphatic rings. The molecule has 1 unspecified atom stereocenters. The fraction of sp³-hybridized carbons (Fsp3) is 0.190. The molecular formula is C21H22N4O3. The van der Waals surface area contributed by atoms with Gasteiger partial charge in [-0.15, -0.1) is 0 Å². The third-order valence-electron chi connectivity index (χ3n) is 4.25. The Morgan fingerprint density at radius 2 is 1.89 bits per heavy atom. The zero-order chi connectivity index (χ0) is 19.8. The summed E-state index contributed by atoms with van der Waals surface area (Å²) in [4.78, 5) is 21.0. The van der Waals surface area contributed by atoms with Gasteiger partial charge in [-0.2, -0.15) is 0 Å². The van der Waals surface area contributed by atoms with Crippen LogP contribution < -0.4 is 15.4 Å². The molecule has 3 rings (SSSR count). The number of phenolic OH excluding ortho intramolecular Hbond substituents is 1. The second-order valence-corrected chi connectivity index (χ2v) is 6.18. The number of aromatic nitrogens is 2. The van der Waals surface area contributed by atoms with Crippen molar-refractivity contribution in [2.45, 2.75) is 19.1 Å².